The molecule has 0 spiro atoms. The average Bonchev–Trinajstić information content (AvgIpc) is 2.51. The second-order valence-electron chi connectivity index (χ2n) is 5.80. The van der Waals surface area contributed by atoms with Gasteiger partial charge in [-0.1, -0.05) is 0 Å². The van der Waals surface area contributed by atoms with Crippen LogP contribution in [-0.4, -0.2) is 20.1 Å². The van der Waals surface area contributed by atoms with Gasteiger partial charge in [-0.05, 0) is 86.7 Å². The van der Waals surface area contributed by atoms with Crippen molar-refractivity contribution in [3.05, 3.63) is 53.1 Å². The molecular weight excluding hydrogens is 317 g/mol. The van der Waals surface area contributed by atoms with Crippen LogP contribution in [-0.2, 0) is 0 Å². The Morgan fingerprint density at radius 3 is 1.38 bits per heavy atom. The minimum Gasteiger partial charge on any atom is -0.496 e. The summed E-state index contributed by atoms with van der Waals surface area (Å²) in [5, 5.41) is 2.34. The maximum atomic E-state index is 5.48. The fourth-order valence-corrected chi connectivity index (χ4v) is 5.01. The first kappa shape index (κ1) is 18.3. The van der Waals surface area contributed by atoms with Gasteiger partial charge in [-0.3, -0.25) is 0 Å². The molecule has 0 aliphatic rings. The standard InChI is InChI=1S/C20H24NO2P/c1-8-21-24(17-9-13(2)19(22-6)14(3)10-17)18-11-15(4)20(23-7)16(5)12-18/h9-12H,1H2,2-7H3. The molecule has 4 heteroatoms. The molecule has 0 atom stereocenters. The van der Waals surface area contributed by atoms with Gasteiger partial charge in [0.15, 0.2) is 0 Å². The molecule has 0 aromatic heterocycles. The Balaban J connectivity index is 2.61. The van der Waals surface area contributed by atoms with E-state index >= 15 is 0 Å². The molecule has 0 fully saturated rings. The van der Waals surface area contributed by atoms with Crippen LogP contribution in [0.25, 0.3) is 0 Å². The number of rotatable bonds is 5. The molecule has 0 heterocycles. The van der Waals surface area contributed by atoms with E-state index in [1.165, 1.54) is 10.6 Å². The lowest BCUT2D eigenvalue weighted by atomic mass is 10.1. The summed E-state index contributed by atoms with van der Waals surface area (Å²) < 4.78 is 15.5. The fraction of sp³-hybridized carbons (Fsp3) is 0.300. The maximum absolute atomic E-state index is 5.48. The first-order valence-corrected chi connectivity index (χ1v) is 9.05. The van der Waals surface area contributed by atoms with Gasteiger partial charge in [-0.25, -0.2) is 4.76 Å². The van der Waals surface area contributed by atoms with E-state index in [9.17, 15) is 0 Å². The predicted molar refractivity (Wildman–Crippen MR) is 104 cm³/mol. The van der Waals surface area contributed by atoms with Gasteiger partial charge in [-0.2, -0.15) is 0 Å². The fourth-order valence-electron chi connectivity index (χ4n) is 3.08. The molecule has 0 N–H and O–H groups in total. The third-order valence-electron chi connectivity index (χ3n) is 3.96. The minimum atomic E-state index is -0.910. The smallest absolute Gasteiger partial charge is 0.124 e. The number of benzene rings is 2. The van der Waals surface area contributed by atoms with Gasteiger partial charge in [0.25, 0.3) is 0 Å². The molecule has 0 saturated carbocycles. The second kappa shape index (κ2) is 7.66. The zero-order valence-corrected chi connectivity index (χ0v) is 16.1. The minimum absolute atomic E-state index is 0.910. The molecule has 2 rings (SSSR count). The van der Waals surface area contributed by atoms with Gasteiger partial charge in [0.2, 0.25) is 0 Å². The first-order chi connectivity index (χ1) is 11.4. The normalized spacial score (nSPS) is 10.5. The highest BCUT2D eigenvalue weighted by atomic mass is 31.1. The quantitative estimate of drug-likeness (QED) is 0.604. The van der Waals surface area contributed by atoms with Crippen LogP contribution >= 0.6 is 8.07 Å². The summed E-state index contributed by atoms with van der Waals surface area (Å²) in [6, 6.07) is 8.58. The summed E-state index contributed by atoms with van der Waals surface area (Å²) in [7, 11) is 2.50. The number of aryl methyl sites for hydroxylation is 4. The lowest BCUT2D eigenvalue weighted by Gasteiger charge is -2.18. The Morgan fingerprint density at radius 1 is 0.792 bits per heavy atom. The van der Waals surface area contributed by atoms with E-state index in [0.29, 0.717) is 0 Å². The molecule has 0 unspecified atom stereocenters. The Labute approximate surface area is 145 Å². The van der Waals surface area contributed by atoms with E-state index in [-0.39, 0.29) is 0 Å². The highest BCUT2D eigenvalue weighted by molar-refractivity contribution is 7.71. The molecular formula is C20H24NO2P. The van der Waals surface area contributed by atoms with Crippen LogP contribution in [0.2, 0.25) is 0 Å². The van der Waals surface area contributed by atoms with Crippen LogP contribution in [0.5, 0.6) is 11.5 Å². The van der Waals surface area contributed by atoms with E-state index in [4.69, 9.17) is 9.47 Å². The lowest BCUT2D eigenvalue weighted by Crippen LogP contribution is -2.13. The summed E-state index contributed by atoms with van der Waals surface area (Å²) in [5.74, 6) is 4.60. The third-order valence-corrected chi connectivity index (χ3v) is 5.79. The van der Waals surface area contributed by atoms with Gasteiger partial charge >= 0.3 is 0 Å². The van der Waals surface area contributed by atoms with Crippen LogP contribution in [0.1, 0.15) is 22.3 Å². The van der Waals surface area contributed by atoms with Gasteiger partial charge < -0.3 is 9.47 Å². The van der Waals surface area contributed by atoms with E-state index in [1.54, 1.807) is 14.2 Å². The molecule has 0 aliphatic carbocycles. The van der Waals surface area contributed by atoms with Crippen LogP contribution in [0.15, 0.2) is 35.6 Å². The predicted octanol–water partition coefficient (Wildman–Crippen LogP) is 4.14. The average molecular weight is 341 g/mol. The van der Waals surface area contributed by atoms with Gasteiger partial charge in [-0.15, -0.1) is 0 Å². The zero-order valence-electron chi connectivity index (χ0n) is 15.2. The van der Waals surface area contributed by atoms with Crippen LogP contribution in [0.4, 0.5) is 0 Å². The monoisotopic (exact) mass is 341 g/mol. The molecule has 2 aromatic carbocycles. The van der Waals surface area contributed by atoms with E-state index in [2.05, 4.69) is 69.2 Å². The van der Waals surface area contributed by atoms with Crippen LogP contribution in [0.3, 0.4) is 0 Å². The Morgan fingerprint density at radius 2 is 1.12 bits per heavy atom. The maximum Gasteiger partial charge on any atom is 0.124 e. The summed E-state index contributed by atoms with van der Waals surface area (Å²) in [6.45, 7) is 11.9. The Hall–Kier alpha value is -2.08. The summed E-state index contributed by atoms with van der Waals surface area (Å²) >= 11 is 0. The number of ether oxygens (including phenoxy) is 2. The highest BCUT2D eigenvalue weighted by Gasteiger charge is 2.18. The summed E-state index contributed by atoms with van der Waals surface area (Å²) in [5.41, 5.74) is 4.45. The Bertz CT molecular complexity index is 702. The van der Waals surface area contributed by atoms with Crippen LogP contribution < -0.4 is 20.1 Å². The number of hydrogen-bond donors (Lipinski definition) is 0. The largest absolute Gasteiger partial charge is 0.496 e. The van der Waals surface area contributed by atoms with Crippen molar-refractivity contribution in [3.63, 3.8) is 0 Å². The number of hydrogen-bond acceptors (Lipinski definition) is 3. The zero-order chi connectivity index (χ0) is 17.9. The SMILES string of the molecule is C=C=NP(c1cc(C)c(OC)c(C)c1)c1cc(C)c(OC)c(C)c1. The van der Waals surface area contributed by atoms with Crippen molar-refractivity contribution in [1.29, 1.82) is 0 Å². The Kier molecular flexibility index (Phi) is 5.83. The van der Waals surface area contributed by atoms with Crippen molar-refractivity contribution < 1.29 is 9.47 Å². The summed E-state index contributed by atoms with van der Waals surface area (Å²) in [4.78, 5) is 0. The molecule has 0 saturated heterocycles. The molecule has 0 bridgehead atoms. The third kappa shape index (κ3) is 3.53. The topological polar surface area (TPSA) is 30.8 Å². The van der Waals surface area contributed by atoms with Crippen molar-refractivity contribution in [2.75, 3.05) is 14.2 Å². The summed E-state index contributed by atoms with van der Waals surface area (Å²) in [6.07, 6.45) is 0. The molecule has 126 valence electrons. The number of methoxy groups -OCH3 is 2. The van der Waals surface area contributed by atoms with Crippen LogP contribution in [0, 0.1) is 27.7 Å². The van der Waals surface area contributed by atoms with E-state index < -0.39 is 8.07 Å². The molecule has 3 nitrogen and oxygen atoms in total. The van der Waals surface area contributed by atoms with Gasteiger partial charge in [0.1, 0.15) is 11.5 Å². The molecule has 0 aliphatic heterocycles. The number of nitrogens with zero attached hydrogens (tertiary/aromatic N) is 1. The second-order valence-corrected chi connectivity index (χ2v) is 7.65. The van der Waals surface area contributed by atoms with Crippen molar-refractivity contribution in [2.45, 2.75) is 27.7 Å². The van der Waals surface area contributed by atoms with E-state index in [1.807, 2.05) is 0 Å². The molecule has 0 radical (unpaired) electrons. The molecule has 0 amide bonds. The molecule has 2 aromatic rings. The van der Waals surface area contributed by atoms with Gasteiger partial charge in [0.05, 0.1) is 22.3 Å². The molecule has 24 heavy (non-hydrogen) atoms. The van der Waals surface area contributed by atoms with Crippen molar-refractivity contribution in [1.82, 2.24) is 0 Å². The van der Waals surface area contributed by atoms with Gasteiger partial charge in [0, 0.05) is 10.6 Å². The van der Waals surface area contributed by atoms with Crippen molar-refractivity contribution in [2.24, 2.45) is 4.76 Å². The van der Waals surface area contributed by atoms with E-state index in [0.717, 1.165) is 33.8 Å². The van der Waals surface area contributed by atoms with Crippen molar-refractivity contribution >= 4 is 24.6 Å². The van der Waals surface area contributed by atoms with Crippen molar-refractivity contribution in [3.8, 4) is 11.5 Å². The highest BCUT2D eigenvalue weighted by Crippen LogP contribution is 2.38. The first-order valence-electron chi connectivity index (χ1n) is 7.76. The lowest BCUT2D eigenvalue weighted by molar-refractivity contribution is 0.408.